The fourth-order valence-electron chi connectivity index (χ4n) is 3.99. The van der Waals surface area contributed by atoms with E-state index in [1.54, 1.807) is 23.5 Å². The summed E-state index contributed by atoms with van der Waals surface area (Å²) in [4.78, 5) is 4.41. The van der Waals surface area contributed by atoms with Gasteiger partial charge in [-0.3, -0.25) is 0 Å². The lowest BCUT2D eigenvalue weighted by molar-refractivity contribution is 0.201. The van der Waals surface area contributed by atoms with E-state index in [9.17, 15) is 5.11 Å². The van der Waals surface area contributed by atoms with E-state index in [4.69, 9.17) is 10.5 Å². The highest BCUT2D eigenvalue weighted by atomic mass is 32.1. The normalized spacial score (nSPS) is 11.8. The second-order valence-electron chi connectivity index (χ2n) is 8.07. The number of phenolic OH excluding ortho intramolecular Hbond substituents is 1. The van der Waals surface area contributed by atoms with Crippen LogP contribution in [0.3, 0.4) is 0 Å². The summed E-state index contributed by atoms with van der Waals surface area (Å²) in [7, 11) is 1.98. The monoisotopic (exact) mass is 473 g/mol. The summed E-state index contributed by atoms with van der Waals surface area (Å²) >= 11 is 1.75. The summed E-state index contributed by atoms with van der Waals surface area (Å²) in [6.07, 6.45) is 3.84. The fraction of sp³-hybridized carbons (Fsp3) is 0.214. The standard InChI is InChI=1S/C18H19NOS.C10H12N2O/c1-19-12-11-17(18-10-5-13-21-18)20-16-9-4-7-14-6-2-3-8-15(14)16;11-4-3-7-6-12-10-2-1-8(13)5-9(7)10/h2-10,13,17,19H,11-12H2,1H3;1-2,5-6,12-13H,3-4,11H2. The van der Waals surface area contributed by atoms with E-state index in [1.807, 2.05) is 19.3 Å². The predicted molar refractivity (Wildman–Crippen MR) is 143 cm³/mol. The molecule has 5 N–H and O–H groups in total. The number of aromatic hydroxyl groups is 1. The first kappa shape index (κ1) is 23.8. The van der Waals surface area contributed by atoms with Crippen LogP contribution >= 0.6 is 11.3 Å². The van der Waals surface area contributed by atoms with Crippen molar-refractivity contribution < 1.29 is 9.84 Å². The number of hydrogen-bond donors (Lipinski definition) is 4. The zero-order valence-electron chi connectivity index (χ0n) is 19.3. The molecule has 0 aliphatic heterocycles. The van der Waals surface area contributed by atoms with Gasteiger partial charge < -0.3 is 25.9 Å². The SMILES string of the molecule is CNCCC(Oc1cccc2ccccc12)c1cccs1.NCCc1c[nH]c2ccc(O)cc12. The molecular formula is C28H31N3O2S. The van der Waals surface area contributed by atoms with E-state index in [2.05, 4.69) is 70.3 Å². The molecule has 2 aromatic heterocycles. The largest absolute Gasteiger partial charge is 0.508 e. The van der Waals surface area contributed by atoms with Crippen molar-refractivity contribution in [3.05, 3.63) is 94.8 Å². The topological polar surface area (TPSA) is 83.3 Å². The van der Waals surface area contributed by atoms with Crippen LogP contribution in [0.1, 0.15) is 23.0 Å². The molecule has 5 nitrogen and oxygen atoms in total. The summed E-state index contributed by atoms with van der Waals surface area (Å²) in [5.74, 6) is 1.26. The van der Waals surface area contributed by atoms with Crippen molar-refractivity contribution in [2.24, 2.45) is 5.73 Å². The Morgan fingerprint density at radius 1 is 1.03 bits per heavy atom. The number of aromatic amines is 1. The average molecular weight is 474 g/mol. The van der Waals surface area contributed by atoms with Gasteiger partial charge in [0.25, 0.3) is 0 Å². The first-order chi connectivity index (χ1) is 16.7. The van der Waals surface area contributed by atoms with Gasteiger partial charge in [-0.2, -0.15) is 0 Å². The minimum atomic E-state index is 0.100. The van der Waals surface area contributed by atoms with Crippen LogP contribution in [0.2, 0.25) is 0 Å². The van der Waals surface area contributed by atoms with Crippen molar-refractivity contribution in [2.45, 2.75) is 18.9 Å². The van der Waals surface area contributed by atoms with Crippen molar-refractivity contribution in [2.75, 3.05) is 20.1 Å². The Labute approximate surface area is 204 Å². The Balaban J connectivity index is 0.000000180. The molecule has 0 bridgehead atoms. The molecule has 2 heterocycles. The maximum Gasteiger partial charge on any atom is 0.134 e. The third-order valence-corrected chi connectivity index (χ3v) is 6.66. The summed E-state index contributed by atoms with van der Waals surface area (Å²) in [5, 5.41) is 18.1. The number of rotatable bonds is 8. The smallest absolute Gasteiger partial charge is 0.134 e. The Morgan fingerprint density at radius 2 is 1.88 bits per heavy atom. The molecule has 0 saturated heterocycles. The lowest BCUT2D eigenvalue weighted by Gasteiger charge is -2.19. The summed E-state index contributed by atoms with van der Waals surface area (Å²) in [6.45, 7) is 1.57. The minimum absolute atomic E-state index is 0.100. The van der Waals surface area contributed by atoms with Gasteiger partial charge in [0.2, 0.25) is 0 Å². The van der Waals surface area contributed by atoms with Crippen molar-refractivity contribution in [1.29, 1.82) is 0 Å². The van der Waals surface area contributed by atoms with Crippen LogP contribution in [-0.4, -0.2) is 30.2 Å². The van der Waals surface area contributed by atoms with Crippen molar-refractivity contribution in [3.8, 4) is 11.5 Å². The molecule has 0 amide bonds. The molecule has 0 saturated carbocycles. The lowest BCUT2D eigenvalue weighted by atomic mass is 10.1. The summed E-state index contributed by atoms with van der Waals surface area (Å²) in [5.41, 5.74) is 7.68. The third-order valence-electron chi connectivity index (χ3n) is 5.70. The van der Waals surface area contributed by atoms with Crippen molar-refractivity contribution in [3.63, 3.8) is 0 Å². The molecule has 0 radical (unpaired) electrons. The highest BCUT2D eigenvalue weighted by Gasteiger charge is 2.15. The van der Waals surface area contributed by atoms with Gasteiger partial charge in [-0.1, -0.05) is 42.5 Å². The van der Waals surface area contributed by atoms with Crippen LogP contribution in [0.4, 0.5) is 0 Å². The van der Waals surface area contributed by atoms with E-state index in [-0.39, 0.29) is 6.10 Å². The molecule has 0 aliphatic rings. The molecule has 5 aromatic rings. The van der Waals surface area contributed by atoms with Crippen LogP contribution in [0, 0.1) is 0 Å². The molecule has 5 rings (SSSR count). The van der Waals surface area contributed by atoms with Crippen LogP contribution in [0.25, 0.3) is 21.7 Å². The van der Waals surface area contributed by atoms with Gasteiger partial charge in [-0.15, -0.1) is 11.3 Å². The van der Waals surface area contributed by atoms with Crippen LogP contribution in [0.15, 0.2) is 84.4 Å². The Bertz CT molecular complexity index is 1310. The van der Waals surface area contributed by atoms with Crippen molar-refractivity contribution >= 4 is 33.0 Å². The number of H-pyrrole nitrogens is 1. The Morgan fingerprint density at radius 3 is 2.68 bits per heavy atom. The molecule has 6 heteroatoms. The molecule has 1 atom stereocenters. The minimum Gasteiger partial charge on any atom is -0.508 e. The molecular weight excluding hydrogens is 442 g/mol. The second-order valence-corrected chi connectivity index (χ2v) is 9.05. The zero-order chi connectivity index (χ0) is 23.8. The van der Waals surface area contributed by atoms with E-state index in [1.165, 1.54) is 15.6 Å². The van der Waals surface area contributed by atoms with Crippen molar-refractivity contribution in [1.82, 2.24) is 10.3 Å². The molecule has 3 aromatic carbocycles. The Kier molecular flexibility index (Phi) is 8.20. The highest BCUT2D eigenvalue weighted by molar-refractivity contribution is 7.10. The summed E-state index contributed by atoms with van der Waals surface area (Å²) in [6, 6.07) is 24.1. The maximum atomic E-state index is 9.30. The van der Waals surface area contributed by atoms with E-state index in [0.717, 1.165) is 41.6 Å². The van der Waals surface area contributed by atoms with Gasteiger partial charge in [-0.05, 0) is 73.2 Å². The van der Waals surface area contributed by atoms with Gasteiger partial charge in [0, 0.05) is 33.8 Å². The maximum absolute atomic E-state index is 9.30. The first-order valence-electron chi connectivity index (χ1n) is 11.5. The van der Waals surface area contributed by atoms with Crippen LogP contribution in [0.5, 0.6) is 11.5 Å². The first-order valence-corrected chi connectivity index (χ1v) is 12.4. The quantitative estimate of drug-likeness (QED) is 0.223. The molecule has 0 aliphatic carbocycles. The average Bonchev–Trinajstić information content (AvgIpc) is 3.53. The number of nitrogens with one attached hydrogen (secondary N) is 2. The van der Waals surface area contributed by atoms with Gasteiger partial charge >= 0.3 is 0 Å². The van der Waals surface area contributed by atoms with Gasteiger partial charge in [-0.25, -0.2) is 0 Å². The van der Waals surface area contributed by atoms with E-state index < -0.39 is 0 Å². The fourth-order valence-corrected chi connectivity index (χ4v) is 4.78. The second kappa shape index (κ2) is 11.7. The van der Waals surface area contributed by atoms with Crippen LogP contribution < -0.4 is 15.8 Å². The highest BCUT2D eigenvalue weighted by Crippen LogP contribution is 2.32. The number of fused-ring (bicyclic) bond motifs is 2. The molecule has 0 spiro atoms. The van der Waals surface area contributed by atoms with Crippen LogP contribution in [-0.2, 0) is 6.42 Å². The number of hydrogen-bond acceptors (Lipinski definition) is 5. The number of nitrogens with two attached hydrogens (primary N) is 1. The number of benzene rings is 3. The van der Waals surface area contributed by atoms with E-state index >= 15 is 0 Å². The zero-order valence-corrected chi connectivity index (χ0v) is 20.1. The Hall–Kier alpha value is -3.32. The van der Waals surface area contributed by atoms with Gasteiger partial charge in [0.1, 0.15) is 17.6 Å². The number of phenols is 1. The molecule has 1 unspecified atom stereocenters. The van der Waals surface area contributed by atoms with Gasteiger partial charge in [0.15, 0.2) is 0 Å². The molecule has 0 fully saturated rings. The number of aromatic nitrogens is 1. The van der Waals surface area contributed by atoms with E-state index in [0.29, 0.717) is 12.3 Å². The molecule has 34 heavy (non-hydrogen) atoms. The third kappa shape index (κ3) is 5.78. The lowest BCUT2D eigenvalue weighted by Crippen LogP contribution is -2.15. The predicted octanol–water partition coefficient (Wildman–Crippen LogP) is 6.01. The van der Waals surface area contributed by atoms with Gasteiger partial charge in [0.05, 0.1) is 0 Å². The molecule has 176 valence electrons. The number of thiophene rings is 1. The summed E-state index contributed by atoms with van der Waals surface area (Å²) < 4.78 is 6.34. The number of ether oxygens (including phenoxy) is 1.